The van der Waals surface area contributed by atoms with E-state index in [-0.39, 0.29) is 5.91 Å². The molecule has 1 heterocycles. The summed E-state index contributed by atoms with van der Waals surface area (Å²) in [5.41, 5.74) is 1.52. The highest BCUT2D eigenvalue weighted by atomic mass is 16.5. The van der Waals surface area contributed by atoms with Crippen LogP contribution in [-0.2, 0) is 9.59 Å². The van der Waals surface area contributed by atoms with Crippen LogP contribution in [0.5, 0.6) is 5.75 Å². The number of carbonyl (C=O) groups is 3. The number of para-hydroxylation sites is 1. The van der Waals surface area contributed by atoms with Gasteiger partial charge in [0.1, 0.15) is 11.3 Å². The largest absolute Gasteiger partial charge is 0.481 e. The molecule has 1 atom stereocenters. The molecule has 7 heteroatoms. The zero-order valence-electron chi connectivity index (χ0n) is 13.6. The third-order valence-electron chi connectivity index (χ3n) is 4.52. The first-order valence-electron chi connectivity index (χ1n) is 8.21. The van der Waals surface area contributed by atoms with Crippen molar-refractivity contribution in [2.45, 2.75) is 50.7 Å². The quantitative estimate of drug-likeness (QED) is 0.823. The zero-order chi connectivity index (χ0) is 17.2. The van der Waals surface area contributed by atoms with Crippen molar-refractivity contribution in [3.05, 3.63) is 30.3 Å². The predicted molar refractivity (Wildman–Crippen MR) is 85.9 cm³/mol. The fourth-order valence-corrected chi connectivity index (χ4v) is 3.17. The molecule has 7 nitrogen and oxygen atoms in total. The molecule has 1 aliphatic carbocycles. The van der Waals surface area contributed by atoms with E-state index in [9.17, 15) is 14.4 Å². The molecule has 4 amide bonds. The van der Waals surface area contributed by atoms with Crippen LogP contribution >= 0.6 is 0 Å². The molecule has 2 fully saturated rings. The molecule has 3 rings (SSSR count). The number of carbonyl (C=O) groups excluding carboxylic acids is 3. The first-order chi connectivity index (χ1) is 11.5. The van der Waals surface area contributed by atoms with Crippen LogP contribution in [0.2, 0.25) is 0 Å². The van der Waals surface area contributed by atoms with Crippen LogP contribution in [0.4, 0.5) is 4.79 Å². The van der Waals surface area contributed by atoms with E-state index >= 15 is 0 Å². The number of imide groups is 1. The van der Waals surface area contributed by atoms with Gasteiger partial charge < -0.3 is 10.1 Å². The van der Waals surface area contributed by atoms with Crippen molar-refractivity contribution >= 4 is 17.8 Å². The van der Waals surface area contributed by atoms with Gasteiger partial charge in [-0.3, -0.25) is 15.0 Å². The molecule has 1 spiro atoms. The van der Waals surface area contributed by atoms with Gasteiger partial charge in [0.15, 0.2) is 6.10 Å². The molecular formula is C17H21N3O4. The van der Waals surface area contributed by atoms with Crippen LogP contribution in [-0.4, -0.2) is 34.5 Å². The van der Waals surface area contributed by atoms with Crippen LogP contribution in [0.1, 0.15) is 39.0 Å². The lowest BCUT2D eigenvalue weighted by Gasteiger charge is -2.30. The molecule has 1 aromatic carbocycles. The smallest absolute Gasteiger partial charge is 0.344 e. The Morgan fingerprint density at radius 2 is 1.88 bits per heavy atom. The Kier molecular flexibility index (Phi) is 4.42. The molecule has 0 unspecified atom stereocenters. The van der Waals surface area contributed by atoms with Gasteiger partial charge in [-0.15, -0.1) is 0 Å². The van der Waals surface area contributed by atoms with E-state index in [4.69, 9.17) is 4.74 Å². The number of urea groups is 1. The number of hydrazine groups is 1. The number of hydrogen-bond acceptors (Lipinski definition) is 4. The Labute approximate surface area is 140 Å². The van der Waals surface area contributed by atoms with Gasteiger partial charge in [0, 0.05) is 0 Å². The molecule has 0 aromatic heterocycles. The van der Waals surface area contributed by atoms with Crippen molar-refractivity contribution in [3.8, 4) is 5.75 Å². The van der Waals surface area contributed by atoms with Gasteiger partial charge >= 0.3 is 6.03 Å². The molecule has 1 saturated carbocycles. The van der Waals surface area contributed by atoms with Crippen molar-refractivity contribution in [1.29, 1.82) is 0 Å². The maximum Gasteiger partial charge on any atom is 0.344 e. The molecule has 2 N–H and O–H groups in total. The number of hydrogen-bond donors (Lipinski definition) is 2. The highest BCUT2D eigenvalue weighted by molar-refractivity contribution is 6.08. The molecule has 2 aliphatic rings. The number of nitrogens with zero attached hydrogens (tertiary/aromatic N) is 1. The van der Waals surface area contributed by atoms with Gasteiger partial charge in [0.25, 0.3) is 11.8 Å². The second kappa shape index (κ2) is 6.51. The van der Waals surface area contributed by atoms with E-state index in [0.717, 1.165) is 24.3 Å². The van der Waals surface area contributed by atoms with Gasteiger partial charge in [-0.2, -0.15) is 5.01 Å². The molecule has 0 bridgehead atoms. The van der Waals surface area contributed by atoms with E-state index in [1.54, 1.807) is 31.2 Å². The lowest BCUT2D eigenvalue weighted by molar-refractivity contribution is -0.142. The Balaban J connectivity index is 1.63. The highest BCUT2D eigenvalue weighted by Crippen LogP contribution is 2.33. The Morgan fingerprint density at radius 3 is 2.54 bits per heavy atom. The van der Waals surface area contributed by atoms with Crippen LogP contribution in [0.15, 0.2) is 30.3 Å². The number of nitrogens with one attached hydrogen (secondary N) is 2. The standard InChI is InChI=1S/C17H21N3O4/c1-12(24-13-8-4-2-5-9-13)14(21)19-20-15(22)17(18-16(20)23)10-6-3-7-11-17/h2,4-5,8-9,12H,3,6-7,10-11H2,1H3,(H,18,23)(H,19,21)/t12-/m0/s1. The van der Waals surface area contributed by atoms with Gasteiger partial charge in [-0.25, -0.2) is 4.79 Å². The zero-order valence-corrected chi connectivity index (χ0v) is 13.6. The van der Waals surface area contributed by atoms with Crippen molar-refractivity contribution in [2.75, 3.05) is 0 Å². The van der Waals surface area contributed by atoms with Crippen molar-refractivity contribution in [1.82, 2.24) is 15.8 Å². The van der Waals surface area contributed by atoms with Gasteiger partial charge in [-0.05, 0) is 31.9 Å². The molecule has 0 radical (unpaired) electrons. The number of amides is 4. The topological polar surface area (TPSA) is 87.7 Å². The lowest BCUT2D eigenvalue weighted by atomic mass is 9.82. The summed E-state index contributed by atoms with van der Waals surface area (Å²) in [4.78, 5) is 37.0. The van der Waals surface area contributed by atoms with Crippen molar-refractivity contribution in [3.63, 3.8) is 0 Å². The van der Waals surface area contributed by atoms with Gasteiger partial charge in [-0.1, -0.05) is 37.5 Å². The minimum absolute atomic E-state index is 0.382. The average molecular weight is 331 g/mol. The summed E-state index contributed by atoms with van der Waals surface area (Å²) >= 11 is 0. The van der Waals surface area contributed by atoms with E-state index in [2.05, 4.69) is 10.7 Å². The normalized spacial score (nSPS) is 20.6. The number of rotatable bonds is 4. The van der Waals surface area contributed by atoms with E-state index < -0.39 is 23.6 Å². The fraction of sp³-hybridized carbons (Fsp3) is 0.471. The van der Waals surface area contributed by atoms with Crippen molar-refractivity contribution in [2.24, 2.45) is 0 Å². The van der Waals surface area contributed by atoms with Crippen LogP contribution < -0.4 is 15.5 Å². The second-order valence-corrected chi connectivity index (χ2v) is 6.26. The third-order valence-corrected chi connectivity index (χ3v) is 4.52. The minimum Gasteiger partial charge on any atom is -0.481 e. The summed E-state index contributed by atoms with van der Waals surface area (Å²) in [6, 6.07) is 8.31. The summed E-state index contributed by atoms with van der Waals surface area (Å²) in [6.45, 7) is 1.57. The summed E-state index contributed by atoms with van der Waals surface area (Å²) in [5, 5.41) is 3.54. The van der Waals surface area contributed by atoms with Crippen LogP contribution in [0.3, 0.4) is 0 Å². The summed E-state index contributed by atoms with van der Waals surface area (Å²) in [5.74, 6) is -0.385. The van der Waals surface area contributed by atoms with E-state index in [1.165, 1.54) is 0 Å². The first-order valence-corrected chi connectivity index (χ1v) is 8.21. The lowest BCUT2D eigenvalue weighted by Crippen LogP contribution is -2.53. The summed E-state index contributed by atoms with van der Waals surface area (Å²) in [7, 11) is 0. The van der Waals surface area contributed by atoms with Crippen molar-refractivity contribution < 1.29 is 19.1 Å². The SMILES string of the molecule is C[C@H](Oc1ccccc1)C(=O)NN1C(=O)NC2(CCCCC2)C1=O. The Hall–Kier alpha value is -2.57. The van der Waals surface area contributed by atoms with Crippen LogP contribution in [0.25, 0.3) is 0 Å². The Morgan fingerprint density at radius 1 is 1.21 bits per heavy atom. The molecular weight excluding hydrogens is 310 g/mol. The monoisotopic (exact) mass is 331 g/mol. The number of ether oxygens (including phenoxy) is 1. The Bertz CT molecular complexity index is 640. The fourth-order valence-electron chi connectivity index (χ4n) is 3.17. The summed E-state index contributed by atoms with van der Waals surface area (Å²) < 4.78 is 5.51. The molecule has 1 saturated heterocycles. The van der Waals surface area contributed by atoms with Gasteiger partial charge in [0.05, 0.1) is 0 Å². The summed E-state index contributed by atoms with van der Waals surface area (Å²) in [6.07, 6.45) is 3.22. The third kappa shape index (κ3) is 3.06. The number of benzene rings is 1. The maximum atomic E-state index is 12.6. The predicted octanol–water partition coefficient (Wildman–Crippen LogP) is 1.74. The molecule has 1 aliphatic heterocycles. The molecule has 24 heavy (non-hydrogen) atoms. The second-order valence-electron chi connectivity index (χ2n) is 6.26. The first kappa shape index (κ1) is 16.3. The molecule has 128 valence electrons. The highest BCUT2D eigenvalue weighted by Gasteiger charge is 2.52. The van der Waals surface area contributed by atoms with Crippen LogP contribution in [0, 0.1) is 0 Å². The molecule has 1 aromatic rings. The van der Waals surface area contributed by atoms with E-state index in [1.807, 2.05) is 6.07 Å². The van der Waals surface area contributed by atoms with Gasteiger partial charge in [0.2, 0.25) is 0 Å². The minimum atomic E-state index is -0.855. The van der Waals surface area contributed by atoms with E-state index in [0.29, 0.717) is 18.6 Å². The average Bonchev–Trinajstić information content (AvgIpc) is 2.80. The maximum absolute atomic E-state index is 12.6.